The second-order valence-corrected chi connectivity index (χ2v) is 6.40. The fourth-order valence-corrected chi connectivity index (χ4v) is 2.44. The SMILES string of the molecule is CCC(C)(NC(=O)C(C)(N)Cc1c[nH]c2ccccc12)C(=O)O. The minimum absolute atomic E-state index is 0.275. The van der Waals surface area contributed by atoms with Crippen molar-refractivity contribution >= 4 is 22.8 Å². The molecule has 2 aromatic rings. The summed E-state index contributed by atoms with van der Waals surface area (Å²) in [4.78, 5) is 27.0. The van der Waals surface area contributed by atoms with Gasteiger partial charge in [0.25, 0.3) is 0 Å². The van der Waals surface area contributed by atoms with Gasteiger partial charge in [-0.2, -0.15) is 0 Å². The number of rotatable bonds is 6. The Morgan fingerprint density at radius 1 is 1.30 bits per heavy atom. The fourth-order valence-electron chi connectivity index (χ4n) is 2.44. The Balaban J connectivity index is 2.21. The monoisotopic (exact) mass is 317 g/mol. The van der Waals surface area contributed by atoms with Gasteiger partial charge in [0.05, 0.1) is 5.54 Å². The van der Waals surface area contributed by atoms with Crippen molar-refractivity contribution in [1.82, 2.24) is 10.3 Å². The number of amides is 1. The van der Waals surface area contributed by atoms with Crippen LogP contribution in [0.25, 0.3) is 10.9 Å². The summed E-state index contributed by atoms with van der Waals surface area (Å²) in [5, 5.41) is 12.9. The molecule has 0 fully saturated rings. The molecule has 0 aliphatic rings. The van der Waals surface area contributed by atoms with E-state index in [1.165, 1.54) is 6.92 Å². The lowest BCUT2D eigenvalue weighted by atomic mass is 9.90. The Kier molecular flexibility index (Phi) is 4.47. The summed E-state index contributed by atoms with van der Waals surface area (Å²) >= 11 is 0. The van der Waals surface area contributed by atoms with Gasteiger partial charge >= 0.3 is 5.97 Å². The third-order valence-corrected chi connectivity index (χ3v) is 4.32. The maximum Gasteiger partial charge on any atom is 0.329 e. The van der Waals surface area contributed by atoms with Crippen molar-refractivity contribution in [3.05, 3.63) is 36.0 Å². The second-order valence-electron chi connectivity index (χ2n) is 6.40. The van der Waals surface area contributed by atoms with Crippen LogP contribution in [0, 0.1) is 0 Å². The summed E-state index contributed by atoms with van der Waals surface area (Å²) in [6.07, 6.45) is 2.42. The first kappa shape index (κ1) is 17.0. The van der Waals surface area contributed by atoms with Crippen molar-refractivity contribution in [1.29, 1.82) is 0 Å². The van der Waals surface area contributed by atoms with Crippen LogP contribution >= 0.6 is 0 Å². The number of carbonyl (C=O) groups is 2. The average molecular weight is 317 g/mol. The molecule has 2 atom stereocenters. The van der Waals surface area contributed by atoms with Gasteiger partial charge in [0.15, 0.2) is 0 Å². The molecule has 0 saturated carbocycles. The number of aliphatic carboxylic acids is 1. The summed E-state index contributed by atoms with van der Waals surface area (Å²) in [5.41, 5.74) is 5.55. The smallest absolute Gasteiger partial charge is 0.329 e. The third kappa shape index (κ3) is 3.37. The van der Waals surface area contributed by atoms with E-state index >= 15 is 0 Å². The maximum atomic E-state index is 12.5. The average Bonchev–Trinajstić information content (AvgIpc) is 2.89. The highest BCUT2D eigenvalue weighted by molar-refractivity contribution is 5.92. The number of carboxylic acid groups (broad SMARTS) is 1. The standard InChI is InChI=1S/C17H23N3O3/c1-4-17(3,15(22)23)20-14(21)16(2,18)9-11-10-19-13-8-6-5-7-12(11)13/h5-8,10,19H,4,9,18H2,1-3H3,(H,20,21)(H,22,23). The number of fused-ring (bicyclic) bond motifs is 1. The first-order chi connectivity index (χ1) is 10.7. The molecular weight excluding hydrogens is 294 g/mol. The van der Waals surface area contributed by atoms with Crippen LogP contribution in [0.3, 0.4) is 0 Å². The molecule has 2 rings (SSSR count). The molecule has 1 amide bonds. The predicted molar refractivity (Wildman–Crippen MR) is 89.1 cm³/mol. The van der Waals surface area contributed by atoms with Crippen LogP contribution in [0.4, 0.5) is 0 Å². The quantitative estimate of drug-likeness (QED) is 0.651. The highest BCUT2D eigenvalue weighted by Gasteiger charge is 2.38. The Hall–Kier alpha value is -2.34. The van der Waals surface area contributed by atoms with Crippen molar-refractivity contribution in [2.24, 2.45) is 5.73 Å². The van der Waals surface area contributed by atoms with Crippen LogP contribution in [0.5, 0.6) is 0 Å². The number of nitrogens with two attached hydrogens (primary N) is 1. The van der Waals surface area contributed by atoms with Crippen LogP contribution in [-0.4, -0.2) is 33.0 Å². The lowest BCUT2D eigenvalue weighted by Gasteiger charge is -2.31. The largest absolute Gasteiger partial charge is 0.480 e. The van der Waals surface area contributed by atoms with Crippen molar-refractivity contribution in [2.45, 2.75) is 44.7 Å². The van der Waals surface area contributed by atoms with Gasteiger partial charge in [0, 0.05) is 23.5 Å². The lowest BCUT2D eigenvalue weighted by Crippen LogP contribution is -2.61. The lowest BCUT2D eigenvalue weighted by molar-refractivity contribution is -0.147. The van der Waals surface area contributed by atoms with Gasteiger partial charge in [-0.15, -0.1) is 0 Å². The predicted octanol–water partition coefficient (Wildman–Crippen LogP) is 1.80. The van der Waals surface area contributed by atoms with E-state index < -0.39 is 23.0 Å². The van der Waals surface area contributed by atoms with Gasteiger partial charge in [0.2, 0.25) is 5.91 Å². The molecule has 0 spiro atoms. The molecule has 0 bridgehead atoms. The van der Waals surface area contributed by atoms with Gasteiger partial charge in [-0.1, -0.05) is 25.1 Å². The Labute approximate surface area is 135 Å². The molecule has 5 N–H and O–H groups in total. The van der Waals surface area contributed by atoms with Gasteiger partial charge in [-0.3, -0.25) is 4.79 Å². The molecule has 23 heavy (non-hydrogen) atoms. The highest BCUT2D eigenvalue weighted by Crippen LogP contribution is 2.22. The van der Waals surface area contributed by atoms with Crippen molar-refractivity contribution in [3.8, 4) is 0 Å². The minimum atomic E-state index is -1.32. The molecule has 124 valence electrons. The molecule has 0 aliphatic carbocycles. The summed E-state index contributed by atoms with van der Waals surface area (Å²) in [6, 6.07) is 7.76. The van der Waals surface area contributed by atoms with Gasteiger partial charge in [0.1, 0.15) is 5.54 Å². The molecule has 6 heteroatoms. The zero-order valence-corrected chi connectivity index (χ0v) is 13.6. The number of carboxylic acids is 1. The molecule has 6 nitrogen and oxygen atoms in total. The minimum Gasteiger partial charge on any atom is -0.480 e. The van der Waals surface area contributed by atoms with E-state index in [0.29, 0.717) is 6.42 Å². The molecular formula is C17H23N3O3. The van der Waals surface area contributed by atoms with E-state index in [4.69, 9.17) is 5.73 Å². The van der Waals surface area contributed by atoms with Crippen LogP contribution < -0.4 is 11.1 Å². The van der Waals surface area contributed by atoms with E-state index in [2.05, 4.69) is 10.3 Å². The molecule has 1 aromatic heterocycles. The van der Waals surface area contributed by atoms with Gasteiger partial charge in [-0.05, 0) is 31.9 Å². The molecule has 2 unspecified atom stereocenters. The summed E-state index contributed by atoms with van der Waals surface area (Å²) < 4.78 is 0. The number of nitrogens with one attached hydrogen (secondary N) is 2. The highest BCUT2D eigenvalue weighted by atomic mass is 16.4. The van der Waals surface area contributed by atoms with Gasteiger partial charge < -0.3 is 21.1 Å². The van der Waals surface area contributed by atoms with E-state index in [9.17, 15) is 14.7 Å². The Morgan fingerprint density at radius 2 is 1.96 bits per heavy atom. The zero-order chi connectivity index (χ0) is 17.3. The van der Waals surface area contributed by atoms with Gasteiger partial charge in [-0.25, -0.2) is 4.79 Å². The fraction of sp³-hybridized carbons (Fsp3) is 0.412. The van der Waals surface area contributed by atoms with Crippen molar-refractivity contribution in [2.75, 3.05) is 0 Å². The third-order valence-electron chi connectivity index (χ3n) is 4.32. The van der Waals surface area contributed by atoms with Crippen molar-refractivity contribution in [3.63, 3.8) is 0 Å². The van der Waals surface area contributed by atoms with E-state index in [0.717, 1.165) is 16.5 Å². The maximum absolute atomic E-state index is 12.5. The van der Waals surface area contributed by atoms with E-state index in [1.54, 1.807) is 13.8 Å². The second kappa shape index (κ2) is 6.04. The molecule has 0 saturated heterocycles. The van der Waals surface area contributed by atoms with Crippen molar-refractivity contribution < 1.29 is 14.7 Å². The zero-order valence-electron chi connectivity index (χ0n) is 13.6. The topological polar surface area (TPSA) is 108 Å². The summed E-state index contributed by atoms with van der Waals surface area (Å²) in [7, 11) is 0. The summed E-state index contributed by atoms with van der Waals surface area (Å²) in [5.74, 6) is -1.55. The van der Waals surface area contributed by atoms with Crippen LogP contribution in [0.15, 0.2) is 30.5 Å². The van der Waals surface area contributed by atoms with Crippen LogP contribution in [-0.2, 0) is 16.0 Å². The number of hydrogen-bond acceptors (Lipinski definition) is 3. The molecule has 0 aliphatic heterocycles. The van der Waals surface area contributed by atoms with Crippen LogP contribution in [0.2, 0.25) is 0 Å². The Bertz CT molecular complexity index is 736. The Morgan fingerprint density at radius 3 is 2.57 bits per heavy atom. The number of carbonyl (C=O) groups excluding carboxylic acids is 1. The number of aromatic nitrogens is 1. The first-order valence-corrected chi connectivity index (χ1v) is 7.59. The first-order valence-electron chi connectivity index (χ1n) is 7.59. The summed E-state index contributed by atoms with van der Waals surface area (Å²) in [6.45, 7) is 4.80. The number of hydrogen-bond donors (Lipinski definition) is 4. The molecule has 1 aromatic carbocycles. The number of para-hydroxylation sites is 1. The van der Waals surface area contributed by atoms with Crippen LogP contribution in [0.1, 0.15) is 32.8 Å². The molecule has 0 radical (unpaired) electrons. The number of aromatic amines is 1. The molecule has 1 heterocycles. The van der Waals surface area contributed by atoms with E-state index in [-0.39, 0.29) is 6.42 Å². The number of H-pyrrole nitrogens is 1. The normalized spacial score (nSPS) is 16.5. The van der Waals surface area contributed by atoms with E-state index in [1.807, 2.05) is 30.5 Å². The number of benzene rings is 1.